The molecule has 0 unspecified atom stereocenters. The molecule has 1 aromatic heterocycles. The first-order valence-corrected chi connectivity index (χ1v) is 9.77. The van der Waals surface area contributed by atoms with Gasteiger partial charge >= 0.3 is 0 Å². The maximum absolute atomic E-state index is 13.7. The Labute approximate surface area is 167 Å². The van der Waals surface area contributed by atoms with E-state index in [4.69, 9.17) is 10.2 Å². The Morgan fingerprint density at radius 1 is 0.897 bits per heavy atom. The normalized spacial score (nSPS) is 15.2. The van der Waals surface area contributed by atoms with Gasteiger partial charge in [-0.2, -0.15) is 0 Å². The SMILES string of the molecule is NC1(c2ccc(-c3c(-c4ccccc4)oc4cc(F)ccc4c3=O)cc2)CCC1. The minimum Gasteiger partial charge on any atom is -0.455 e. The molecule has 0 saturated heterocycles. The van der Waals surface area contributed by atoms with Gasteiger partial charge in [-0.1, -0.05) is 54.6 Å². The maximum Gasteiger partial charge on any atom is 0.201 e. The van der Waals surface area contributed by atoms with Gasteiger partial charge in [-0.05, 0) is 42.5 Å². The molecule has 0 bridgehead atoms. The van der Waals surface area contributed by atoms with Gasteiger partial charge < -0.3 is 10.2 Å². The minimum absolute atomic E-state index is 0.177. The molecular weight excluding hydrogens is 365 g/mol. The second-order valence-electron chi connectivity index (χ2n) is 7.73. The summed E-state index contributed by atoms with van der Waals surface area (Å²) in [4.78, 5) is 13.4. The Bertz CT molecular complexity index is 1260. The van der Waals surface area contributed by atoms with Crippen LogP contribution in [0, 0.1) is 5.82 Å². The van der Waals surface area contributed by atoms with Crippen molar-refractivity contribution in [3.05, 3.63) is 94.4 Å². The molecule has 0 amide bonds. The lowest BCUT2D eigenvalue weighted by Gasteiger charge is -2.38. The summed E-state index contributed by atoms with van der Waals surface area (Å²) in [5.74, 6) is -0.00179. The third kappa shape index (κ3) is 2.97. The Hall–Kier alpha value is -3.24. The Balaban J connectivity index is 1.74. The van der Waals surface area contributed by atoms with Crippen LogP contribution in [0.3, 0.4) is 0 Å². The van der Waals surface area contributed by atoms with E-state index in [1.165, 1.54) is 18.2 Å². The zero-order valence-electron chi connectivity index (χ0n) is 15.8. The lowest BCUT2D eigenvalue weighted by molar-refractivity contribution is 0.253. The van der Waals surface area contributed by atoms with Crippen molar-refractivity contribution < 1.29 is 8.81 Å². The number of benzene rings is 3. The van der Waals surface area contributed by atoms with Crippen LogP contribution in [-0.2, 0) is 5.54 Å². The molecule has 144 valence electrons. The van der Waals surface area contributed by atoms with Crippen molar-refractivity contribution >= 4 is 11.0 Å². The molecule has 1 heterocycles. The summed E-state index contributed by atoms with van der Waals surface area (Å²) in [6.07, 6.45) is 3.10. The number of fused-ring (bicyclic) bond motifs is 1. The van der Waals surface area contributed by atoms with Gasteiger partial charge in [-0.3, -0.25) is 4.79 Å². The lowest BCUT2D eigenvalue weighted by Crippen LogP contribution is -2.43. The van der Waals surface area contributed by atoms with Gasteiger partial charge in [-0.15, -0.1) is 0 Å². The zero-order valence-corrected chi connectivity index (χ0v) is 15.8. The average molecular weight is 385 g/mol. The summed E-state index contributed by atoms with van der Waals surface area (Å²) in [7, 11) is 0. The number of halogens is 1. The summed E-state index contributed by atoms with van der Waals surface area (Å²) >= 11 is 0. The van der Waals surface area contributed by atoms with E-state index in [9.17, 15) is 9.18 Å². The van der Waals surface area contributed by atoms with E-state index in [1.807, 2.05) is 54.6 Å². The lowest BCUT2D eigenvalue weighted by atomic mass is 9.72. The fourth-order valence-corrected chi connectivity index (χ4v) is 4.04. The molecule has 0 atom stereocenters. The van der Waals surface area contributed by atoms with Gasteiger partial charge in [0.1, 0.15) is 17.2 Å². The molecule has 29 heavy (non-hydrogen) atoms. The van der Waals surface area contributed by atoms with Crippen LogP contribution in [0.25, 0.3) is 33.4 Å². The smallest absolute Gasteiger partial charge is 0.201 e. The predicted octanol–water partition coefficient (Wildman–Crippen LogP) is 5.60. The highest BCUT2D eigenvalue weighted by Crippen LogP contribution is 2.40. The average Bonchev–Trinajstić information content (AvgIpc) is 2.72. The van der Waals surface area contributed by atoms with Crippen LogP contribution in [0.15, 0.2) is 82.0 Å². The van der Waals surface area contributed by atoms with Crippen molar-refractivity contribution in [2.45, 2.75) is 24.8 Å². The first-order valence-electron chi connectivity index (χ1n) is 9.77. The second-order valence-corrected chi connectivity index (χ2v) is 7.73. The van der Waals surface area contributed by atoms with E-state index in [1.54, 1.807) is 0 Å². The fraction of sp³-hybridized carbons (Fsp3) is 0.160. The first-order chi connectivity index (χ1) is 14.0. The molecule has 4 heteroatoms. The quantitative estimate of drug-likeness (QED) is 0.499. The van der Waals surface area contributed by atoms with Crippen LogP contribution >= 0.6 is 0 Å². The van der Waals surface area contributed by atoms with E-state index in [2.05, 4.69) is 0 Å². The van der Waals surface area contributed by atoms with Crippen LogP contribution in [0.1, 0.15) is 24.8 Å². The summed E-state index contributed by atoms with van der Waals surface area (Å²) < 4.78 is 19.8. The molecule has 2 N–H and O–H groups in total. The van der Waals surface area contributed by atoms with E-state index < -0.39 is 5.82 Å². The molecule has 1 fully saturated rings. The van der Waals surface area contributed by atoms with Crippen LogP contribution in [0.4, 0.5) is 4.39 Å². The molecule has 0 radical (unpaired) electrons. The molecule has 3 nitrogen and oxygen atoms in total. The topological polar surface area (TPSA) is 56.2 Å². The number of hydrogen-bond donors (Lipinski definition) is 1. The van der Waals surface area contributed by atoms with Crippen LogP contribution in [0.5, 0.6) is 0 Å². The molecule has 3 aromatic carbocycles. The molecule has 1 saturated carbocycles. The third-order valence-corrected chi connectivity index (χ3v) is 5.88. The summed E-state index contributed by atoms with van der Waals surface area (Å²) in [5, 5.41) is 0.361. The second kappa shape index (κ2) is 6.68. The predicted molar refractivity (Wildman–Crippen MR) is 113 cm³/mol. The Morgan fingerprint density at radius 2 is 1.62 bits per heavy atom. The van der Waals surface area contributed by atoms with Crippen molar-refractivity contribution in [3.8, 4) is 22.5 Å². The highest BCUT2D eigenvalue weighted by Gasteiger charge is 2.34. The van der Waals surface area contributed by atoms with E-state index >= 15 is 0 Å². The number of rotatable bonds is 3. The van der Waals surface area contributed by atoms with Gasteiger partial charge in [0.15, 0.2) is 0 Å². The highest BCUT2D eigenvalue weighted by molar-refractivity contribution is 5.89. The molecule has 1 aliphatic rings. The van der Waals surface area contributed by atoms with Crippen molar-refractivity contribution in [2.24, 2.45) is 5.73 Å². The maximum atomic E-state index is 13.7. The van der Waals surface area contributed by atoms with Gasteiger partial charge in [0.25, 0.3) is 0 Å². The monoisotopic (exact) mass is 385 g/mol. The minimum atomic E-state index is -0.439. The van der Waals surface area contributed by atoms with E-state index in [0.717, 1.165) is 36.0 Å². The van der Waals surface area contributed by atoms with Crippen molar-refractivity contribution in [2.75, 3.05) is 0 Å². The Morgan fingerprint density at radius 3 is 2.28 bits per heavy atom. The molecule has 5 rings (SSSR count). The zero-order chi connectivity index (χ0) is 20.0. The number of nitrogens with two attached hydrogens (primary N) is 1. The summed E-state index contributed by atoms with van der Waals surface area (Å²) in [5.41, 5.74) is 9.33. The van der Waals surface area contributed by atoms with Gasteiger partial charge in [0.2, 0.25) is 5.43 Å². The molecular formula is C25H20FNO2. The third-order valence-electron chi connectivity index (χ3n) is 5.88. The van der Waals surface area contributed by atoms with Crippen LogP contribution in [-0.4, -0.2) is 0 Å². The molecule has 1 aliphatic carbocycles. The highest BCUT2D eigenvalue weighted by atomic mass is 19.1. The standard InChI is InChI=1S/C25H20FNO2/c26-19-11-12-20-21(15-19)29-24(17-5-2-1-3-6-17)22(23(20)28)16-7-9-18(10-8-16)25(27)13-4-14-25/h1-3,5-12,15H,4,13-14,27H2. The summed E-state index contributed by atoms with van der Waals surface area (Å²) in [6, 6.07) is 21.3. The van der Waals surface area contributed by atoms with Crippen LogP contribution in [0.2, 0.25) is 0 Å². The van der Waals surface area contributed by atoms with Crippen LogP contribution < -0.4 is 11.2 Å². The van der Waals surface area contributed by atoms with Gasteiger partial charge in [0, 0.05) is 17.2 Å². The largest absolute Gasteiger partial charge is 0.455 e. The van der Waals surface area contributed by atoms with Gasteiger partial charge in [0.05, 0.1) is 10.9 Å². The molecule has 4 aromatic rings. The van der Waals surface area contributed by atoms with Crippen molar-refractivity contribution in [3.63, 3.8) is 0 Å². The number of hydrogen-bond acceptors (Lipinski definition) is 3. The first kappa shape index (κ1) is 17.8. The van der Waals surface area contributed by atoms with Crippen molar-refractivity contribution in [1.29, 1.82) is 0 Å². The van der Waals surface area contributed by atoms with Gasteiger partial charge in [-0.25, -0.2) is 4.39 Å². The van der Waals surface area contributed by atoms with E-state index in [0.29, 0.717) is 16.7 Å². The molecule has 0 spiro atoms. The summed E-state index contributed by atoms with van der Waals surface area (Å²) in [6.45, 7) is 0. The molecule has 0 aliphatic heterocycles. The Kier molecular flexibility index (Phi) is 4.10. The van der Waals surface area contributed by atoms with E-state index in [-0.39, 0.29) is 16.6 Å². The van der Waals surface area contributed by atoms with Crippen molar-refractivity contribution in [1.82, 2.24) is 0 Å². The fourth-order valence-electron chi connectivity index (χ4n) is 4.04.